The normalized spacial score (nSPS) is 10.2. The molecule has 0 spiro atoms. The van der Waals surface area contributed by atoms with Crippen LogP contribution in [0.3, 0.4) is 0 Å². The van der Waals surface area contributed by atoms with Crippen molar-refractivity contribution in [1.82, 2.24) is 0 Å². The topological polar surface area (TPSA) is 55.1 Å². The third-order valence-corrected chi connectivity index (χ3v) is 2.91. The first-order valence-electron chi connectivity index (χ1n) is 6.30. The number of nitrogens with two attached hydrogens (primary N) is 1. The molecule has 0 aliphatic rings. The third kappa shape index (κ3) is 4.47. The first-order chi connectivity index (χ1) is 8.15. The van der Waals surface area contributed by atoms with Gasteiger partial charge in [0.05, 0.1) is 0 Å². The Balaban J connectivity index is 2.43. The van der Waals surface area contributed by atoms with Crippen LogP contribution in [0.15, 0.2) is 18.2 Å². The van der Waals surface area contributed by atoms with Gasteiger partial charge in [-0.3, -0.25) is 4.79 Å². The first-order valence-corrected chi connectivity index (χ1v) is 6.30. The smallest absolute Gasteiger partial charge is 0.224 e. The van der Waals surface area contributed by atoms with Crippen LogP contribution in [-0.2, 0) is 4.79 Å². The second-order valence-corrected chi connectivity index (χ2v) is 4.38. The molecule has 1 aromatic rings. The van der Waals surface area contributed by atoms with E-state index < -0.39 is 0 Å². The predicted molar refractivity (Wildman–Crippen MR) is 73.0 cm³/mol. The number of carbonyl (C=O) groups excluding carboxylic acids is 1. The summed E-state index contributed by atoms with van der Waals surface area (Å²) in [7, 11) is 0. The van der Waals surface area contributed by atoms with Gasteiger partial charge in [-0.25, -0.2) is 0 Å². The fourth-order valence-corrected chi connectivity index (χ4v) is 1.71. The average Bonchev–Trinajstić information content (AvgIpc) is 2.31. The van der Waals surface area contributed by atoms with Gasteiger partial charge in [0.15, 0.2) is 0 Å². The highest BCUT2D eigenvalue weighted by molar-refractivity contribution is 5.92. The maximum atomic E-state index is 11.7. The van der Waals surface area contributed by atoms with Gasteiger partial charge >= 0.3 is 0 Å². The Hall–Kier alpha value is -1.51. The summed E-state index contributed by atoms with van der Waals surface area (Å²) < 4.78 is 0. The number of hydrogen-bond acceptors (Lipinski definition) is 2. The van der Waals surface area contributed by atoms with Gasteiger partial charge in [0.2, 0.25) is 5.91 Å². The molecule has 0 aromatic heterocycles. The van der Waals surface area contributed by atoms with Gasteiger partial charge in [-0.05, 0) is 31.0 Å². The van der Waals surface area contributed by atoms with Crippen LogP contribution in [0.2, 0.25) is 0 Å². The molecule has 0 aliphatic heterocycles. The second kappa shape index (κ2) is 6.94. The van der Waals surface area contributed by atoms with Crippen molar-refractivity contribution in [3.63, 3.8) is 0 Å². The van der Waals surface area contributed by atoms with Crippen LogP contribution in [0.4, 0.5) is 11.4 Å². The van der Waals surface area contributed by atoms with Gasteiger partial charge in [0, 0.05) is 17.8 Å². The molecule has 0 aliphatic carbocycles. The van der Waals surface area contributed by atoms with Gasteiger partial charge in [-0.15, -0.1) is 0 Å². The van der Waals surface area contributed by atoms with E-state index in [2.05, 4.69) is 12.2 Å². The van der Waals surface area contributed by atoms with Crippen molar-refractivity contribution in [3.8, 4) is 0 Å². The lowest BCUT2D eigenvalue weighted by atomic mass is 10.1. The molecule has 0 radical (unpaired) electrons. The van der Waals surface area contributed by atoms with E-state index in [4.69, 9.17) is 5.73 Å². The van der Waals surface area contributed by atoms with Crippen molar-refractivity contribution in [3.05, 3.63) is 23.8 Å². The zero-order valence-corrected chi connectivity index (χ0v) is 10.8. The molecule has 1 aromatic carbocycles. The van der Waals surface area contributed by atoms with Crippen molar-refractivity contribution >= 4 is 17.3 Å². The number of nitrogen functional groups attached to an aromatic ring is 1. The van der Waals surface area contributed by atoms with Crippen LogP contribution in [0.1, 0.15) is 44.6 Å². The number of carbonyl (C=O) groups is 1. The molecule has 3 heteroatoms. The fourth-order valence-electron chi connectivity index (χ4n) is 1.71. The summed E-state index contributed by atoms with van der Waals surface area (Å²) in [5.74, 6) is 0.0785. The van der Waals surface area contributed by atoms with E-state index in [-0.39, 0.29) is 5.91 Å². The van der Waals surface area contributed by atoms with Gasteiger partial charge < -0.3 is 11.1 Å². The monoisotopic (exact) mass is 234 g/mol. The highest BCUT2D eigenvalue weighted by atomic mass is 16.1. The molecule has 3 N–H and O–H groups in total. The van der Waals surface area contributed by atoms with Gasteiger partial charge in [-0.1, -0.05) is 32.3 Å². The quantitative estimate of drug-likeness (QED) is 0.584. The summed E-state index contributed by atoms with van der Waals surface area (Å²) in [6.07, 6.45) is 5.07. The molecule has 0 heterocycles. The Morgan fingerprint density at radius 1 is 1.29 bits per heavy atom. The van der Waals surface area contributed by atoms with E-state index in [1.54, 1.807) is 0 Å². The lowest BCUT2D eigenvalue weighted by molar-refractivity contribution is -0.116. The Morgan fingerprint density at radius 3 is 2.76 bits per heavy atom. The summed E-state index contributed by atoms with van der Waals surface area (Å²) in [4.78, 5) is 11.7. The molecule has 94 valence electrons. The Labute approximate surface area is 103 Å². The summed E-state index contributed by atoms with van der Waals surface area (Å²) >= 11 is 0. The highest BCUT2D eigenvalue weighted by Crippen LogP contribution is 2.20. The number of amides is 1. The average molecular weight is 234 g/mol. The zero-order valence-electron chi connectivity index (χ0n) is 10.8. The van der Waals surface area contributed by atoms with Crippen molar-refractivity contribution in [2.24, 2.45) is 0 Å². The predicted octanol–water partition coefficient (Wildman–Crippen LogP) is 3.49. The van der Waals surface area contributed by atoms with Crippen LogP contribution in [0, 0.1) is 6.92 Å². The zero-order chi connectivity index (χ0) is 12.7. The molecule has 1 rings (SSSR count). The largest absolute Gasteiger partial charge is 0.398 e. The molecular weight excluding hydrogens is 212 g/mol. The summed E-state index contributed by atoms with van der Waals surface area (Å²) in [5, 5.41) is 2.91. The summed E-state index contributed by atoms with van der Waals surface area (Å²) in [6.45, 7) is 4.08. The molecule has 0 fully saturated rings. The van der Waals surface area contributed by atoms with Crippen LogP contribution >= 0.6 is 0 Å². The van der Waals surface area contributed by atoms with Crippen molar-refractivity contribution in [2.45, 2.75) is 46.0 Å². The maximum absolute atomic E-state index is 11.7. The van der Waals surface area contributed by atoms with Gasteiger partial charge in [-0.2, -0.15) is 0 Å². The van der Waals surface area contributed by atoms with E-state index in [9.17, 15) is 4.79 Å². The number of hydrogen-bond donors (Lipinski definition) is 2. The summed E-state index contributed by atoms with van der Waals surface area (Å²) in [5.41, 5.74) is 8.26. The minimum atomic E-state index is 0.0785. The fraction of sp³-hybridized carbons (Fsp3) is 0.500. The molecule has 0 saturated heterocycles. The van der Waals surface area contributed by atoms with Crippen molar-refractivity contribution in [1.29, 1.82) is 0 Å². The SMILES string of the molecule is CCCCCCC(=O)Nc1cccc(N)c1C. The maximum Gasteiger partial charge on any atom is 0.224 e. The molecule has 0 bridgehead atoms. The van der Waals surface area contributed by atoms with Gasteiger partial charge in [0.1, 0.15) is 0 Å². The highest BCUT2D eigenvalue weighted by Gasteiger charge is 2.05. The summed E-state index contributed by atoms with van der Waals surface area (Å²) in [6, 6.07) is 5.58. The number of benzene rings is 1. The second-order valence-electron chi connectivity index (χ2n) is 4.38. The van der Waals surface area contributed by atoms with E-state index in [0.29, 0.717) is 12.1 Å². The Morgan fingerprint density at radius 2 is 2.06 bits per heavy atom. The van der Waals surface area contributed by atoms with Crippen LogP contribution in [0.25, 0.3) is 0 Å². The number of rotatable bonds is 6. The van der Waals surface area contributed by atoms with Crippen LogP contribution in [0.5, 0.6) is 0 Å². The Bertz CT molecular complexity index is 374. The first kappa shape index (κ1) is 13.6. The molecule has 0 saturated carbocycles. The van der Waals surface area contributed by atoms with Crippen LogP contribution in [-0.4, -0.2) is 5.91 Å². The standard InChI is InChI=1S/C14H22N2O/c1-3-4-5-6-10-14(17)16-13-9-7-8-12(15)11(13)2/h7-9H,3-6,10,15H2,1-2H3,(H,16,17). The molecule has 0 atom stereocenters. The lowest BCUT2D eigenvalue weighted by Gasteiger charge is -2.09. The van der Waals surface area contributed by atoms with Crippen molar-refractivity contribution in [2.75, 3.05) is 11.1 Å². The van der Waals surface area contributed by atoms with E-state index in [0.717, 1.165) is 24.1 Å². The molecular formula is C14H22N2O. The third-order valence-electron chi connectivity index (χ3n) is 2.91. The van der Waals surface area contributed by atoms with Crippen LogP contribution < -0.4 is 11.1 Å². The number of nitrogens with one attached hydrogen (secondary N) is 1. The minimum Gasteiger partial charge on any atom is -0.398 e. The van der Waals surface area contributed by atoms with Gasteiger partial charge in [0.25, 0.3) is 0 Å². The molecule has 1 amide bonds. The van der Waals surface area contributed by atoms with E-state index >= 15 is 0 Å². The van der Waals surface area contributed by atoms with E-state index in [1.807, 2.05) is 25.1 Å². The molecule has 17 heavy (non-hydrogen) atoms. The lowest BCUT2D eigenvalue weighted by Crippen LogP contribution is -2.12. The minimum absolute atomic E-state index is 0.0785. The molecule has 3 nitrogen and oxygen atoms in total. The number of anilines is 2. The van der Waals surface area contributed by atoms with E-state index in [1.165, 1.54) is 12.8 Å². The van der Waals surface area contributed by atoms with Crippen molar-refractivity contribution < 1.29 is 4.79 Å². The Kier molecular flexibility index (Phi) is 5.53. The molecule has 0 unspecified atom stereocenters. The number of unbranched alkanes of at least 4 members (excludes halogenated alkanes) is 3.